The van der Waals surface area contributed by atoms with E-state index in [1.54, 1.807) is 24.3 Å². The van der Waals surface area contributed by atoms with Gasteiger partial charge in [-0.25, -0.2) is 4.79 Å². The second-order valence-electron chi connectivity index (χ2n) is 7.68. The summed E-state index contributed by atoms with van der Waals surface area (Å²) in [5, 5.41) is 27.0. The van der Waals surface area contributed by atoms with Crippen molar-refractivity contribution in [3.8, 4) is 11.1 Å². The summed E-state index contributed by atoms with van der Waals surface area (Å²) in [5.41, 5.74) is 4.89. The molecule has 2 atom stereocenters. The Hall–Kier alpha value is -2.86. The van der Waals surface area contributed by atoms with E-state index in [2.05, 4.69) is 10.6 Å². The van der Waals surface area contributed by atoms with Crippen molar-refractivity contribution < 1.29 is 15.0 Å². The molecule has 0 radical (unpaired) electrons. The van der Waals surface area contributed by atoms with Gasteiger partial charge in [0.1, 0.15) is 0 Å². The van der Waals surface area contributed by atoms with Crippen molar-refractivity contribution in [3.05, 3.63) is 88.4 Å². The summed E-state index contributed by atoms with van der Waals surface area (Å²) >= 11 is 5.99. The van der Waals surface area contributed by atoms with Gasteiger partial charge in [-0.2, -0.15) is 0 Å². The molecular formula is C25H27ClN2O3. The fourth-order valence-electron chi connectivity index (χ4n) is 3.35. The zero-order chi connectivity index (χ0) is 22.4. The van der Waals surface area contributed by atoms with Crippen molar-refractivity contribution in [3.63, 3.8) is 0 Å². The quantitative estimate of drug-likeness (QED) is 0.372. The number of hydrogen-bond acceptors (Lipinski definition) is 4. The molecule has 0 bridgehead atoms. The number of aryl methyl sites for hydroxylation is 1. The highest BCUT2D eigenvalue weighted by Gasteiger charge is 2.11. The molecule has 6 heteroatoms. The van der Waals surface area contributed by atoms with Crippen LogP contribution in [0.15, 0.2) is 66.7 Å². The number of rotatable bonds is 9. The number of carbonyl (C=O) groups is 1. The highest BCUT2D eigenvalue weighted by molar-refractivity contribution is 6.30. The molecule has 4 N–H and O–H groups in total. The lowest BCUT2D eigenvalue weighted by atomic mass is 9.97. The Kier molecular flexibility index (Phi) is 7.69. The number of aromatic carboxylic acids is 1. The molecular weight excluding hydrogens is 412 g/mol. The van der Waals surface area contributed by atoms with Gasteiger partial charge < -0.3 is 20.8 Å². The lowest BCUT2D eigenvalue weighted by Crippen LogP contribution is -2.35. The van der Waals surface area contributed by atoms with Crippen molar-refractivity contribution >= 4 is 23.3 Å². The summed E-state index contributed by atoms with van der Waals surface area (Å²) < 4.78 is 0. The lowest BCUT2D eigenvalue weighted by Gasteiger charge is -2.19. The lowest BCUT2D eigenvalue weighted by molar-refractivity contribution is 0.0697. The summed E-state index contributed by atoms with van der Waals surface area (Å²) in [7, 11) is 0. The number of aliphatic hydroxyl groups excluding tert-OH is 1. The molecule has 0 aromatic heterocycles. The van der Waals surface area contributed by atoms with E-state index < -0.39 is 12.1 Å². The molecule has 3 aromatic rings. The number of benzene rings is 3. The molecule has 162 valence electrons. The Balaban J connectivity index is 1.59. The smallest absolute Gasteiger partial charge is 0.335 e. The van der Waals surface area contributed by atoms with Gasteiger partial charge in [0, 0.05) is 29.8 Å². The third-order valence-electron chi connectivity index (χ3n) is 5.16. The van der Waals surface area contributed by atoms with E-state index >= 15 is 0 Å². The van der Waals surface area contributed by atoms with Crippen LogP contribution in [0.4, 0.5) is 5.69 Å². The molecule has 0 amide bonds. The van der Waals surface area contributed by atoms with E-state index in [1.807, 2.05) is 56.3 Å². The number of carboxylic acids is 1. The van der Waals surface area contributed by atoms with Gasteiger partial charge in [-0.1, -0.05) is 41.9 Å². The first-order valence-corrected chi connectivity index (χ1v) is 10.6. The maximum Gasteiger partial charge on any atom is 0.335 e. The fourth-order valence-corrected chi connectivity index (χ4v) is 3.55. The van der Waals surface area contributed by atoms with E-state index in [9.17, 15) is 15.0 Å². The molecule has 0 spiro atoms. The SMILES string of the molecule is Cc1ccc(C(=O)O)cc1-c1cccc(NC[C@@H](C)NC[C@H](O)c2cccc(Cl)c2)c1. The van der Waals surface area contributed by atoms with Gasteiger partial charge in [0.2, 0.25) is 0 Å². The van der Waals surface area contributed by atoms with Crippen LogP contribution in [-0.2, 0) is 0 Å². The topological polar surface area (TPSA) is 81.6 Å². The Labute approximate surface area is 187 Å². The van der Waals surface area contributed by atoms with Gasteiger partial charge in [0.15, 0.2) is 0 Å². The first-order chi connectivity index (χ1) is 14.8. The van der Waals surface area contributed by atoms with Crippen molar-refractivity contribution in [2.45, 2.75) is 26.0 Å². The summed E-state index contributed by atoms with van der Waals surface area (Å²) in [6, 6.07) is 20.4. The molecule has 0 heterocycles. The molecule has 3 rings (SSSR count). The van der Waals surface area contributed by atoms with Crippen LogP contribution in [0.5, 0.6) is 0 Å². The van der Waals surface area contributed by atoms with Crippen LogP contribution in [0.1, 0.15) is 34.5 Å². The molecule has 0 unspecified atom stereocenters. The highest BCUT2D eigenvalue weighted by atomic mass is 35.5. The van der Waals surface area contributed by atoms with Gasteiger partial charge in [-0.05, 0) is 72.5 Å². The molecule has 0 aliphatic rings. The van der Waals surface area contributed by atoms with Crippen molar-refractivity contribution in [1.82, 2.24) is 5.32 Å². The second kappa shape index (κ2) is 10.4. The summed E-state index contributed by atoms with van der Waals surface area (Å²) in [4.78, 5) is 11.3. The van der Waals surface area contributed by atoms with Gasteiger partial charge in [0.05, 0.1) is 11.7 Å². The maximum atomic E-state index is 11.3. The minimum atomic E-state index is -0.935. The Morgan fingerprint density at radius 2 is 1.81 bits per heavy atom. The van der Waals surface area contributed by atoms with Crippen LogP contribution >= 0.6 is 11.6 Å². The minimum Gasteiger partial charge on any atom is -0.478 e. The van der Waals surface area contributed by atoms with Gasteiger partial charge in [0.25, 0.3) is 0 Å². The van der Waals surface area contributed by atoms with E-state index in [4.69, 9.17) is 11.6 Å². The summed E-state index contributed by atoms with van der Waals surface area (Å²) in [6.45, 7) is 5.10. The van der Waals surface area contributed by atoms with Gasteiger partial charge in [-0.15, -0.1) is 0 Å². The van der Waals surface area contributed by atoms with Crippen LogP contribution < -0.4 is 10.6 Å². The first-order valence-electron chi connectivity index (χ1n) is 10.2. The van der Waals surface area contributed by atoms with Crippen molar-refractivity contribution in [1.29, 1.82) is 0 Å². The zero-order valence-electron chi connectivity index (χ0n) is 17.6. The first kappa shape index (κ1) is 22.8. The average Bonchev–Trinajstić information content (AvgIpc) is 2.76. The van der Waals surface area contributed by atoms with Crippen LogP contribution in [-0.4, -0.2) is 35.3 Å². The molecule has 0 aliphatic heterocycles. The number of nitrogens with one attached hydrogen (secondary N) is 2. The predicted molar refractivity (Wildman–Crippen MR) is 126 cm³/mol. The number of hydrogen-bond donors (Lipinski definition) is 4. The second-order valence-corrected chi connectivity index (χ2v) is 8.11. The highest BCUT2D eigenvalue weighted by Crippen LogP contribution is 2.27. The largest absolute Gasteiger partial charge is 0.478 e. The Morgan fingerprint density at radius 3 is 2.55 bits per heavy atom. The van der Waals surface area contributed by atoms with E-state index in [1.165, 1.54) is 0 Å². The summed E-state index contributed by atoms with van der Waals surface area (Å²) in [6.07, 6.45) is -0.631. The molecule has 0 saturated heterocycles. The number of anilines is 1. The molecule has 3 aromatic carbocycles. The van der Waals surface area contributed by atoms with Gasteiger partial charge in [-0.3, -0.25) is 0 Å². The normalized spacial score (nSPS) is 12.9. The average molecular weight is 439 g/mol. The van der Waals surface area contributed by atoms with Gasteiger partial charge >= 0.3 is 5.97 Å². The minimum absolute atomic E-state index is 0.120. The predicted octanol–water partition coefficient (Wildman–Crippen LogP) is 5.14. The summed E-state index contributed by atoms with van der Waals surface area (Å²) in [5.74, 6) is -0.935. The number of aliphatic hydroxyl groups is 1. The Bertz CT molecular complexity index is 1050. The van der Waals surface area contributed by atoms with Crippen LogP contribution in [0.2, 0.25) is 5.02 Å². The third-order valence-corrected chi connectivity index (χ3v) is 5.40. The van der Waals surface area contributed by atoms with E-state index in [-0.39, 0.29) is 11.6 Å². The zero-order valence-corrected chi connectivity index (χ0v) is 18.4. The van der Waals surface area contributed by atoms with E-state index in [0.717, 1.165) is 27.9 Å². The molecule has 31 heavy (non-hydrogen) atoms. The molecule has 0 saturated carbocycles. The number of carboxylic acid groups (broad SMARTS) is 1. The number of halogens is 1. The van der Waals surface area contributed by atoms with Crippen molar-refractivity contribution in [2.75, 3.05) is 18.4 Å². The molecule has 5 nitrogen and oxygen atoms in total. The monoisotopic (exact) mass is 438 g/mol. The fraction of sp³-hybridized carbons (Fsp3) is 0.240. The Morgan fingerprint density at radius 1 is 1.03 bits per heavy atom. The maximum absolute atomic E-state index is 11.3. The van der Waals surface area contributed by atoms with Crippen LogP contribution in [0, 0.1) is 6.92 Å². The van der Waals surface area contributed by atoms with E-state index in [0.29, 0.717) is 18.1 Å². The molecule has 0 fully saturated rings. The van der Waals surface area contributed by atoms with Crippen LogP contribution in [0.3, 0.4) is 0 Å². The van der Waals surface area contributed by atoms with Crippen LogP contribution in [0.25, 0.3) is 11.1 Å². The third kappa shape index (κ3) is 6.31. The van der Waals surface area contributed by atoms with Crippen molar-refractivity contribution in [2.24, 2.45) is 0 Å². The standard InChI is InChI=1S/C25H27ClN2O3/c1-16-9-10-20(25(30)31)13-23(16)18-5-4-8-22(12-18)28-14-17(2)27-15-24(29)19-6-3-7-21(26)11-19/h3-13,17,24,27-29H,14-15H2,1-2H3,(H,30,31)/t17-,24+/m1/s1. The molecule has 0 aliphatic carbocycles.